The van der Waals surface area contributed by atoms with Gasteiger partial charge in [-0.05, 0) is 12.1 Å². The minimum atomic E-state index is -0.808. The number of rotatable bonds is 4. The number of nitrogens with two attached hydrogens (primary N) is 1. The van der Waals surface area contributed by atoms with Crippen LogP contribution in [0.15, 0.2) is 35.7 Å². The summed E-state index contributed by atoms with van der Waals surface area (Å²) in [7, 11) is 0. The van der Waals surface area contributed by atoms with Gasteiger partial charge in [-0.2, -0.15) is 0 Å². The number of hydrogen-bond donors (Lipinski definition) is 2. The zero-order valence-corrected chi connectivity index (χ0v) is 10.3. The van der Waals surface area contributed by atoms with Crippen LogP contribution in [0.25, 0.3) is 0 Å². The smallest absolute Gasteiger partial charge is 0.314 e. The largest absolute Gasteiger partial charge is 0.430 e. The second kappa shape index (κ2) is 5.77. The normalized spacial score (nSPS) is 11.2. The van der Waals surface area contributed by atoms with Crippen molar-refractivity contribution in [2.45, 2.75) is 0 Å². The van der Waals surface area contributed by atoms with Crippen molar-refractivity contribution in [2.75, 3.05) is 0 Å². The highest BCUT2D eigenvalue weighted by molar-refractivity contribution is 5.97. The molecule has 0 aliphatic rings. The minimum Gasteiger partial charge on any atom is -0.430 e. The first-order valence-electron chi connectivity index (χ1n) is 5.43. The first kappa shape index (κ1) is 14.1. The highest BCUT2D eigenvalue weighted by atomic mass is 19.1. The molecule has 1 heterocycles. The van der Waals surface area contributed by atoms with Crippen LogP contribution >= 0.6 is 0 Å². The van der Waals surface area contributed by atoms with Gasteiger partial charge in [0.1, 0.15) is 5.82 Å². The van der Waals surface area contributed by atoms with Gasteiger partial charge in [-0.1, -0.05) is 5.16 Å². The van der Waals surface area contributed by atoms with Gasteiger partial charge in [0.25, 0.3) is 0 Å². The van der Waals surface area contributed by atoms with Crippen molar-refractivity contribution in [3.05, 3.63) is 52.2 Å². The topological polar surface area (TPSA) is 137 Å². The molecule has 2 rings (SSSR count). The van der Waals surface area contributed by atoms with Gasteiger partial charge in [0.05, 0.1) is 11.0 Å². The lowest BCUT2D eigenvalue weighted by Crippen LogP contribution is -2.16. The highest BCUT2D eigenvalue weighted by Crippen LogP contribution is 2.31. The van der Waals surface area contributed by atoms with E-state index in [-0.39, 0.29) is 23.2 Å². The number of aromatic nitrogens is 2. The van der Waals surface area contributed by atoms with Gasteiger partial charge in [-0.25, -0.2) is 14.4 Å². The summed E-state index contributed by atoms with van der Waals surface area (Å²) in [6.45, 7) is 0. The van der Waals surface area contributed by atoms with E-state index in [1.165, 1.54) is 12.4 Å². The van der Waals surface area contributed by atoms with E-state index in [1.807, 2.05) is 0 Å². The predicted octanol–water partition coefficient (Wildman–Crippen LogP) is 1.41. The molecule has 0 fully saturated rings. The number of nitrogens with zero attached hydrogens (tertiary/aromatic N) is 4. The summed E-state index contributed by atoms with van der Waals surface area (Å²) in [5.41, 5.74) is 4.69. The molecule has 0 atom stereocenters. The molecule has 0 bridgehead atoms. The summed E-state index contributed by atoms with van der Waals surface area (Å²) in [6, 6.07) is 2.76. The predicted molar refractivity (Wildman–Crippen MR) is 67.7 cm³/mol. The van der Waals surface area contributed by atoms with Crippen LogP contribution < -0.4 is 10.5 Å². The van der Waals surface area contributed by atoms with Crippen molar-refractivity contribution in [1.29, 1.82) is 0 Å². The van der Waals surface area contributed by atoms with Crippen LogP contribution in [-0.2, 0) is 0 Å². The molecule has 9 nitrogen and oxygen atoms in total. The maximum absolute atomic E-state index is 13.0. The Labute approximate surface area is 116 Å². The van der Waals surface area contributed by atoms with Gasteiger partial charge in [0.15, 0.2) is 11.5 Å². The van der Waals surface area contributed by atoms with E-state index >= 15 is 0 Å². The van der Waals surface area contributed by atoms with Gasteiger partial charge in [0, 0.05) is 12.4 Å². The zero-order chi connectivity index (χ0) is 15.4. The highest BCUT2D eigenvalue weighted by Gasteiger charge is 2.20. The van der Waals surface area contributed by atoms with E-state index in [0.29, 0.717) is 6.07 Å². The molecule has 0 aliphatic heterocycles. The number of oxime groups is 1. The van der Waals surface area contributed by atoms with E-state index < -0.39 is 16.4 Å². The van der Waals surface area contributed by atoms with Crippen LogP contribution in [0.5, 0.6) is 11.6 Å². The lowest BCUT2D eigenvalue weighted by atomic mass is 10.3. The average molecular weight is 293 g/mol. The lowest BCUT2D eigenvalue weighted by molar-refractivity contribution is -0.385. The van der Waals surface area contributed by atoms with Crippen LogP contribution in [0.2, 0.25) is 0 Å². The average Bonchev–Trinajstić information content (AvgIpc) is 2.48. The Morgan fingerprint density at radius 3 is 2.81 bits per heavy atom. The van der Waals surface area contributed by atoms with Gasteiger partial charge in [-0.3, -0.25) is 10.1 Å². The second-order valence-corrected chi connectivity index (χ2v) is 3.67. The lowest BCUT2D eigenvalue weighted by Gasteiger charge is -2.08. The Morgan fingerprint density at radius 1 is 1.43 bits per heavy atom. The van der Waals surface area contributed by atoms with E-state index in [9.17, 15) is 14.5 Å². The molecule has 0 spiro atoms. The molecule has 1 aromatic carbocycles. The van der Waals surface area contributed by atoms with Crippen LogP contribution in [0.1, 0.15) is 5.69 Å². The summed E-state index contributed by atoms with van der Waals surface area (Å²) in [5, 5.41) is 22.3. The number of amidine groups is 1. The minimum absolute atomic E-state index is 0.112. The molecule has 0 radical (unpaired) electrons. The molecule has 0 saturated carbocycles. The van der Waals surface area contributed by atoms with E-state index in [2.05, 4.69) is 15.1 Å². The standard InChI is InChI=1S/C11H8FN5O4/c12-6-1-2-8(7(5-6)17(19)20)21-11-9(10(13)16-18)14-3-4-15-11/h1-5,18H,(H2,13,16). The van der Waals surface area contributed by atoms with Crippen molar-refractivity contribution in [3.63, 3.8) is 0 Å². The zero-order valence-electron chi connectivity index (χ0n) is 10.3. The van der Waals surface area contributed by atoms with Crippen LogP contribution in [0.4, 0.5) is 10.1 Å². The Kier molecular flexibility index (Phi) is 3.88. The Hall–Kier alpha value is -3.30. The van der Waals surface area contributed by atoms with Gasteiger partial charge in [0.2, 0.25) is 11.6 Å². The van der Waals surface area contributed by atoms with E-state index in [0.717, 1.165) is 12.1 Å². The SMILES string of the molecule is NC(=NO)c1nccnc1Oc1ccc(F)cc1[N+](=O)[O-]. The van der Waals surface area contributed by atoms with Crippen molar-refractivity contribution in [2.24, 2.45) is 10.9 Å². The fraction of sp³-hybridized carbons (Fsp3) is 0. The van der Waals surface area contributed by atoms with E-state index in [4.69, 9.17) is 15.7 Å². The number of ether oxygens (including phenoxy) is 1. The van der Waals surface area contributed by atoms with Gasteiger partial charge < -0.3 is 15.7 Å². The molecule has 108 valence electrons. The van der Waals surface area contributed by atoms with Crippen molar-refractivity contribution in [3.8, 4) is 11.6 Å². The third-order valence-electron chi connectivity index (χ3n) is 2.34. The Morgan fingerprint density at radius 2 is 2.14 bits per heavy atom. The maximum atomic E-state index is 13.0. The number of nitro groups is 1. The summed E-state index contributed by atoms with van der Waals surface area (Å²) in [6.07, 6.45) is 2.51. The maximum Gasteiger partial charge on any atom is 0.314 e. The molecule has 10 heteroatoms. The van der Waals surface area contributed by atoms with Gasteiger partial charge >= 0.3 is 5.69 Å². The van der Waals surface area contributed by atoms with Crippen molar-refractivity contribution < 1.29 is 19.3 Å². The third-order valence-corrected chi connectivity index (χ3v) is 2.34. The van der Waals surface area contributed by atoms with E-state index in [1.54, 1.807) is 0 Å². The number of halogens is 1. The number of benzene rings is 1. The molecule has 0 unspecified atom stereocenters. The third kappa shape index (κ3) is 3.00. The Balaban J connectivity index is 2.46. The summed E-state index contributed by atoms with van der Waals surface area (Å²) in [5.74, 6) is -1.65. The molecule has 2 aromatic rings. The van der Waals surface area contributed by atoms with Crippen LogP contribution in [-0.4, -0.2) is 25.9 Å². The number of nitro benzene ring substituents is 1. The van der Waals surface area contributed by atoms with Crippen LogP contribution in [0.3, 0.4) is 0 Å². The summed E-state index contributed by atoms with van der Waals surface area (Å²) < 4.78 is 18.3. The molecular formula is C11H8FN5O4. The first-order chi connectivity index (χ1) is 10.0. The van der Waals surface area contributed by atoms with Crippen molar-refractivity contribution >= 4 is 11.5 Å². The Bertz CT molecular complexity index is 722. The number of hydrogen-bond acceptors (Lipinski definition) is 7. The fourth-order valence-electron chi connectivity index (χ4n) is 1.45. The summed E-state index contributed by atoms with van der Waals surface area (Å²) in [4.78, 5) is 17.6. The molecular weight excluding hydrogens is 285 g/mol. The molecule has 0 amide bonds. The summed E-state index contributed by atoms with van der Waals surface area (Å²) >= 11 is 0. The molecule has 0 aliphatic carbocycles. The van der Waals surface area contributed by atoms with Crippen LogP contribution in [0, 0.1) is 15.9 Å². The molecule has 0 saturated heterocycles. The molecule has 21 heavy (non-hydrogen) atoms. The quantitative estimate of drug-likeness (QED) is 0.286. The second-order valence-electron chi connectivity index (χ2n) is 3.67. The first-order valence-corrected chi connectivity index (χ1v) is 5.43. The monoisotopic (exact) mass is 293 g/mol. The van der Waals surface area contributed by atoms with Gasteiger partial charge in [-0.15, -0.1) is 0 Å². The molecule has 1 aromatic heterocycles. The molecule has 3 N–H and O–H groups in total. The van der Waals surface area contributed by atoms with Crippen molar-refractivity contribution in [1.82, 2.24) is 9.97 Å². The fourth-order valence-corrected chi connectivity index (χ4v) is 1.45.